The van der Waals surface area contributed by atoms with Crippen LogP contribution < -0.4 is 4.90 Å². The molecular weight excluding hydrogens is 410 g/mol. The van der Waals surface area contributed by atoms with Gasteiger partial charge in [-0.3, -0.25) is 19.8 Å². The average Bonchev–Trinajstić information content (AvgIpc) is 3.16. The van der Waals surface area contributed by atoms with Gasteiger partial charge in [0.2, 0.25) is 0 Å². The van der Waals surface area contributed by atoms with E-state index < -0.39 is 4.92 Å². The first kappa shape index (κ1) is 20.7. The number of hydrogen-bond acceptors (Lipinski definition) is 5. The summed E-state index contributed by atoms with van der Waals surface area (Å²) < 4.78 is 1.03. The predicted octanol–water partition coefficient (Wildman–Crippen LogP) is 5.98. The van der Waals surface area contributed by atoms with Crippen LogP contribution in [0.15, 0.2) is 60.7 Å². The van der Waals surface area contributed by atoms with Crippen molar-refractivity contribution in [3.05, 3.63) is 98.6 Å². The Hall–Kier alpha value is -3.58. The van der Waals surface area contributed by atoms with E-state index >= 15 is 0 Å². The molecule has 1 aromatic heterocycles. The van der Waals surface area contributed by atoms with Crippen LogP contribution in [0.1, 0.15) is 32.6 Å². The summed E-state index contributed by atoms with van der Waals surface area (Å²) in [7, 11) is 0. The monoisotopic (exact) mass is 431 g/mol. The highest BCUT2D eigenvalue weighted by atomic mass is 32.1. The van der Waals surface area contributed by atoms with Crippen LogP contribution in [-0.4, -0.2) is 15.8 Å². The zero-order valence-corrected chi connectivity index (χ0v) is 18.3. The maximum Gasteiger partial charge on any atom is 0.272 e. The molecule has 0 unspecified atom stereocenters. The second-order valence-electron chi connectivity index (χ2n) is 7.56. The minimum absolute atomic E-state index is 0.00255. The Kier molecular flexibility index (Phi) is 5.52. The van der Waals surface area contributed by atoms with Crippen molar-refractivity contribution in [2.45, 2.75) is 27.3 Å². The molecule has 0 aliphatic rings. The molecule has 0 N–H and O–H groups in total. The second-order valence-corrected chi connectivity index (χ2v) is 8.57. The fraction of sp³-hybridized carbons (Fsp3) is 0.167. The normalized spacial score (nSPS) is 10.9. The molecule has 0 saturated heterocycles. The van der Waals surface area contributed by atoms with Gasteiger partial charge in [0.15, 0.2) is 5.13 Å². The van der Waals surface area contributed by atoms with Crippen LogP contribution in [0, 0.1) is 30.9 Å². The molecule has 0 radical (unpaired) electrons. The van der Waals surface area contributed by atoms with Crippen molar-refractivity contribution in [2.24, 2.45) is 0 Å². The van der Waals surface area contributed by atoms with E-state index in [-0.39, 0.29) is 11.6 Å². The van der Waals surface area contributed by atoms with E-state index in [0.717, 1.165) is 26.9 Å². The molecule has 0 bridgehead atoms. The summed E-state index contributed by atoms with van der Waals surface area (Å²) in [4.78, 5) is 30.7. The molecule has 31 heavy (non-hydrogen) atoms. The first-order chi connectivity index (χ1) is 14.8. The van der Waals surface area contributed by atoms with Crippen LogP contribution in [0.5, 0.6) is 0 Å². The standard InChI is InChI=1S/C24H21N3O3S/c1-15-11-17(3)22-21(12-15)31-24(25-22)26(14-18-7-5-4-6-8-18)23(28)19-9-10-20(27(29)30)16(2)13-19/h4-13H,14H2,1-3H3. The Morgan fingerprint density at radius 1 is 1.03 bits per heavy atom. The Balaban J connectivity index is 1.79. The predicted molar refractivity (Wildman–Crippen MR) is 124 cm³/mol. The van der Waals surface area contributed by atoms with Crippen molar-refractivity contribution in [3.63, 3.8) is 0 Å². The largest absolute Gasteiger partial charge is 0.279 e. The van der Waals surface area contributed by atoms with Crippen LogP contribution in [0.3, 0.4) is 0 Å². The highest BCUT2D eigenvalue weighted by Crippen LogP contribution is 2.33. The van der Waals surface area contributed by atoms with Crippen molar-refractivity contribution >= 4 is 38.3 Å². The van der Waals surface area contributed by atoms with E-state index in [0.29, 0.717) is 22.8 Å². The van der Waals surface area contributed by atoms with Crippen molar-refractivity contribution in [2.75, 3.05) is 4.90 Å². The van der Waals surface area contributed by atoms with Gasteiger partial charge in [-0.1, -0.05) is 47.7 Å². The first-order valence-electron chi connectivity index (χ1n) is 9.82. The zero-order chi connectivity index (χ0) is 22.1. The number of thiazole rings is 1. The van der Waals surface area contributed by atoms with Gasteiger partial charge in [-0.2, -0.15) is 0 Å². The summed E-state index contributed by atoms with van der Waals surface area (Å²) >= 11 is 1.47. The van der Waals surface area contributed by atoms with Crippen LogP contribution in [0.25, 0.3) is 10.2 Å². The molecule has 1 amide bonds. The van der Waals surface area contributed by atoms with E-state index in [2.05, 4.69) is 12.1 Å². The van der Waals surface area contributed by atoms with Crippen molar-refractivity contribution in [1.29, 1.82) is 0 Å². The molecule has 6 nitrogen and oxygen atoms in total. The summed E-state index contributed by atoms with van der Waals surface area (Å²) in [6, 6.07) is 18.3. The quantitative estimate of drug-likeness (QED) is 0.288. The van der Waals surface area contributed by atoms with Crippen LogP contribution in [-0.2, 0) is 6.54 Å². The number of nitro groups is 1. The van der Waals surface area contributed by atoms with Crippen LogP contribution in [0.2, 0.25) is 0 Å². The molecule has 0 spiro atoms. The third-order valence-corrected chi connectivity index (χ3v) is 6.14. The Morgan fingerprint density at radius 2 is 1.77 bits per heavy atom. The van der Waals surface area contributed by atoms with E-state index in [1.807, 2.05) is 44.2 Å². The lowest BCUT2D eigenvalue weighted by Gasteiger charge is -2.20. The van der Waals surface area contributed by atoms with Crippen LogP contribution >= 0.6 is 11.3 Å². The van der Waals surface area contributed by atoms with Gasteiger partial charge in [-0.05, 0) is 55.7 Å². The number of carbonyl (C=O) groups excluding carboxylic acids is 1. The number of nitro benzene ring substituents is 1. The van der Waals surface area contributed by atoms with Gasteiger partial charge >= 0.3 is 0 Å². The summed E-state index contributed by atoms with van der Waals surface area (Å²) in [5, 5.41) is 11.8. The number of anilines is 1. The molecule has 7 heteroatoms. The Morgan fingerprint density at radius 3 is 2.45 bits per heavy atom. The Labute approximate surface area is 183 Å². The molecule has 3 aromatic carbocycles. The van der Waals surface area contributed by atoms with Crippen LogP contribution in [0.4, 0.5) is 10.8 Å². The van der Waals surface area contributed by atoms with E-state index in [9.17, 15) is 14.9 Å². The highest BCUT2D eigenvalue weighted by molar-refractivity contribution is 7.22. The topological polar surface area (TPSA) is 76.3 Å². The number of hydrogen-bond donors (Lipinski definition) is 0. The molecule has 4 aromatic rings. The molecule has 4 rings (SSSR count). The lowest BCUT2D eigenvalue weighted by molar-refractivity contribution is -0.385. The van der Waals surface area contributed by atoms with Crippen molar-refractivity contribution in [1.82, 2.24) is 4.98 Å². The number of rotatable bonds is 5. The second kappa shape index (κ2) is 8.28. The van der Waals surface area contributed by atoms with E-state index in [1.54, 1.807) is 17.9 Å². The van der Waals surface area contributed by atoms with E-state index in [1.165, 1.54) is 23.5 Å². The smallest absolute Gasteiger partial charge is 0.272 e. The van der Waals surface area contributed by atoms with Gasteiger partial charge in [0, 0.05) is 17.2 Å². The van der Waals surface area contributed by atoms with Gasteiger partial charge in [-0.15, -0.1) is 0 Å². The maximum absolute atomic E-state index is 13.5. The summed E-state index contributed by atoms with van der Waals surface area (Å²) in [5.74, 6) is -0.240. The van der Waals surface area contributed by atoms with Gasteiger partial charge in [0.25, 0.3) is 11.6 Å². The van der Waals surface area contributed by atoms with Crippen molar-refractivity contribution in [3.8, 4) is 0 Å². The number of nitrogens with zero attached hydrogens (tertiary/aromatic N) is 3. The summed E-state index contributed by atoms with van der Waals surface area (Å²) in [5.41, 5.74) is 4.91. The summed E-state index contributed by atoms with van der Waals surface area (Å²) in [6.45, 7) is 6.05. The molecule has 0 aliphatic heterocycles. The van der Waals surface area contributed by atoms with Gasteiger partial charge < -0.3 is 0 Å². The van der Waals surface area contributed by atoms with Gasteiger partial charge in [0.1, 0.15) is 0 Å². The molecule has 0 saturated carbocycles. The SMILES string of the molecule is Cc1cc(C)c2nc(N(Cc3ccccc3)C(=O)c3ccc([N+](=O)[O-])c(C)c3)sc2c1. The third-order valence-electron chi connectivity index (χ3n) is 5.12. The summed E-state index contributed by atoms with van der Waals surface area (Å²) in [6.07, 6.45) is 0. The Bertz CT molecular complexity index is 1300. The number of fused-ring (bicyclic) bond motifs is 1. The zero-order valence-electron chi connectivity index (χ0n) is 17.5. The molecular formula is C24H21N3O3S. The fourth-order valence-corrected chi connectivity index (χ4v) is 4.76. The van der Waals surface area contributed by atoms with E-state index in [4.69, 9.17) is 4.98 Å². The number of aryl methyl sites for hydroxylation is 3. The lowest BCUT2D eigenvalue weighted by atomic mass is 10.1. The molecule has 156 valence electrons. The molecule has 0 fully saturated rings. The van der Waals surface area contributed by atoms with Gasteiger partial charge in [0.05, 0.1) is 21.7 Å². The molecule has 1 heterocycles. The number of amides is 1. The maximum atomic E-state index is 13.5. The highest BCUT2D eigenvalue weighted by Gasteiger charge is 2.24. The van der Waals surface area contributed by atoms with Gasteiger partial charge in [-0.25, -0.2) is 4.98 Å². The molecule has 0 atom stereocenters. The number of carbonyl (C=O) groups is 1. The fourth-order valence-electron chi connectivity index (χ4n) is 3.62. The average molecular weight is 432 g/mol. The number of benzene rings is 3. The minimum Gasteiger partial charge on any atom is -0.279 e. The molecule has 0 aliphatic carbocycles. The first-order valence-corrected chi connectivity index (χ1v) is 10.6. The van der Waals surface area contributed by atoms with Crippen molar-refractivity contribution < 1.29 is 9.72 Å². The lowest BCUT2D eigenvalue weighted by Crippen LogP contribution is -2.30. The number of aromatic nitrogens is 1. The third kappa shape index (κ3) is 4.18. The minimum atomic E-state index is -0.440.